The Hall–Kier alpha value is -2.04. The highest BCUT2D eigenvalue weighted by atomic mass is 19.1. The van der Waals surface area contributed by atoms with Gasteiger partial charge in [0.05, 0.1) is 5.39 Å². The first kappa shape index (κ1) is 9.51. The molecule has 0 atom stereocenters. The molecule has 0 aliphatic carbocycles. The van der Waals surface area contributed by atoms with Gasteiger partial charge in [0.25, 0.3) is 0 Å². The van der Waals surface area contributed by atoms with Gasteiger partial charge in [0.1, 0.15) is 11.6 Å². The minimum atomic E-state index is -0.373. The first-order chi connectivity index (χ1) is 7.16. The normalized spacial score (nSPS) is 10.3. The van der Waals surface area contributed by atoms with Gasteiger partial charge in [0.15, 0.2) is 5.65 Å². The summed E-state index contributed by atoms with van der Waals surface area (Å²) in [5.41, 5.74) is 0.279. The van der Waals surface area contributed by atoms with Crippen molar-refractivity contribution in [2.24, 2.45) is 0 Å². The molecule has 5 heteroatoms. The summed E-state index contributed by atoms with van der Waals surface area (Å²) < 4.78 is 13.2. The van der Waals surface area contributed by atoms with E-state index in [-0.39, 0.29) is 17.4 Å². The first-order valence-electron chi connectivity index (χ1n) is 4.35. The van der Waals surface area contributed by atoms with Gasteiger partial charge < -0.3 is 5.32 Å². The summed E-state index contributed by atoms with van der Waals surface area (Å²) in [6.07, 6.45) is 1.34. The highest BCUT2D eigenvalue weighted by molar-refractivity contribution is 5.89. The number of rotatable bonds is 1. The van der Waals surface area contributed by atoms with Crippen LogP contribution in [0, 0.1) is 5.82 Å². The molecule has 0 aromatic carbocycles. The van der Waals surface area contributed by atoms with Crippen molar-refractivity contribution in [2.45, 2.75) is 6.92 Å². The zero-order chi connectivity index (χ0) is 10.8. The van der Waals surface area contributed by atoms with Gasteiger partial charge >= 0.3 is 0 Å². The van der Waals surface area contributed by atoms with Gasteiger partial charge in [-0.25, -0.2) is 14.4 Å². The lowest BCUT2D eigenvalue weighted by Gasteiger charge is -2.02. The summed E-state index contributed by atoms with van der Waals surface area (Å²) >= 11 is 0. The number of amides is 1. The molecule has 0 saturated heterocycles. The van der Waals surface area contributed by atoms with Crippen molar-refractivity contribution in [1.29, 1.82) is 0 Å². The van der Waals surface area contributed by atoms with Crippen LogP contribution in [0.3, 0.4) is 0 Å². The Morgan fingerprint density at radius 1 is 1.40 bits per heavy atom. The third kappa shape index (κ3) is 1.90. The van der Waals surface area contributed by atoms with Crippen LogP contribution in [0.4, 0.5) is 10.2 Å². The van der Waals surface area contributed by atoms with Crippen LogP contribution in [0.15, 0.2) is 24.4 Å². The van der Waals surface area contributed by atoms with E-state index in [2.05, 4.69) is 15.3 Å². The van der Waals surface area contributed by atoms with E-state index in [9.17, 15) is 9.18 Å². The van der Waals surface area contributed by atoms with Crippen molar-refractivity contribution in [1.82, 2.24) is 9.97 Å². The highest BCUT2D eigenvalue weighted by Gasteiger charge is 2.04. The van der Waals surface area contributed by atoms with Gasteiger partial charge in [-0.15, -0.1) is 0 Å². The predicted molar refractivity (Wildman–Crippen MR) is 53.8 cm³/mol. The quantitative estimate of drug-likeness (QED) is 0.771. The third-order valence-electron chi connectivity index (χ3n) is 1.85. The summed E-state index contributed by atoms with van der Waals surface area (Å²) in [6, 6.07) is 4.34. The minimum absolute atomic E-state index is 0.224. The second-order valence-corrected chi connectivity index (χ2v) is 3.04. The van der Waals surface area contributed by atoms with E-state index in [1.54, 1.807) is 0 Å². The molecule has 0 aliphatic heterocycles. The van der Waals surface area contributed by atoms with Crippen LogP contribution >= 0.6 is 0 Å². The number of carbonyl (C=O) groups excluding carboxylic acids is 1. The zero-order valence-corrected chi connectivity index (χ0v) is 7.99. The van der Waals surface area contributed by atoms with Crippen LogP contribution in [0.25, 0.3) is 11.0 Å². The van der Waals surface area contributed by atoms with Crippen molar-refractivity contribution >= 4 is 22.8 Å². The fourth-order valence-corrected chi connectivity index (χ4v) is 1.25. The van der Waals surface area contributed by atoms with Gasteiger partial charge in [0.2, 0.25) is 5.91 Å². The number of aromatic nitrogens is 2. The molecule has 2 heterocycles. The molecule has 0 saturated carbocycles. The highest BCUT2D eigenvalue weighted by Crippen LogP contribution is 2.15. The Labute approximate surface area is 85.2 Å². The lowest BCUT2D eigenvalue weighted by Crippen LogP contribution is -2.07. The van der Waals surface area contributed by atoms with E-state index < -0.39 is 0 Å². The number of anilines is 1. The van der Waals surface area contributed by atoms with E-state index in [1.807, 2.05) is 0 Å². The van der Waals surface area contributed by atoms with Gasteiger partial charge in [-0.2, -0.15) is 0 Å². The Bertz CT molecular complexity index is 527. The molecule has 1 amide bonds. The molecule has 0 bridgehead atoms. The van der Waals surface area contributed by atoms with E-state index in [0.717, 1.165) is 0 Å². The number of hydrogen-bond acceptors (Lipinski definition) is 3. The maximum Gasteiger partial charge on any atom is 0.222 e. The minimum Gasteiger partial charge on any atom is -0.311 e. The summed E-state index contributed by atoms with van der Waals surface area (Å²) in [7, 11) is 0. The van der Waals surface area contributed by atoms with Crippen LogP contribution in [-0.4, -0.2) is 15.9 Å². The number of halogens is 1. The third-order valence-corrected chi connectivity index (χ3v) is 1.85. The molecule has 2 aromatic rings. The molecule has 4 nitrogen and oxygen atoms in total. The topological polar surface area (TPSA) is 54.9 Å². The molecule has 0 radical (unpaired) electrons. The first-order valence-corrected chi connectivity index (χ1v) is 4.35. The van der Waals surface area contributed by atoms with E-state index in [1.165, 1.54) is 31.3 Å². The average molecular weight is 205 g/mol. The molecule has 2 rings (SSSR count). The van der Waals surface area contributed by atoms with Gasteiger partial charge in [-0.05, 0) is 18.2 Å². The fourth-order valence-electron chi connectivity index (χ4n) is 1.25. The maximum atomic E-state index is 13.2. The summed E-state index contributed by atoms with van der Waals surface area (Å²) in [6.45, 7) is 1.38. The lowest BCUT2D eigenvalue weighted by molar-refractivity contribution is -0.114. The van der Waals surface area contributed by atoms with Crippen LogP contribution in [0.2, 0.25) is 0 Å². The molecule has 76 valence electrons. The molecule has 0 aliphatic rings. The Kier molecular flexibility index (Phi) is 2.29. The molecule has 15 heavy (non-hydrogen) atoms. The largest absolute Gasteiger partial charge is 0.311 e. The lowest BCUT2D eigenvalue weighted by atomic mass is 10.3. The standard InChI is InChI=1S/C10H8FN3O/c1-6(15)13-9-3-2-7-8(11)4-5-12-10(7)14-9/h2-5H,1H3,(H,12,13,14,15). The van der Waals surface area contributed by atoms with Crippen LogP contribution in [0.5, 0.6) is 0 Å². The van der Waals surface area contributed by atoms with Crippen LogP contribution < -0.4 is 5.32 Å². The molecule has 0 spiro atoms. The molecular weight excluding hydrogens is 197 g/mol. The van der Waals surface area contributed by atoms with E-state index >= 15 is 0 Å². The Morgan fingerprint density at radius 2 is 2.20 bits per heavy atom. The van der Waals surface area contributed by atoms with Crippen molar-refractivity contribution in [3.05, 3.63) is 30.2 Å². The fraction of sp³-hybridized carbons (Fsp3) is 0.100. The van der Waals surface area contributed by atoms with Crippen LogP contribution in [-0.2, 0) is 4.79 Å². The zero-order valence-electron chi connectivity index (χ0n) is 7.99. The second-order valence-electron chi connectivity index (χ2n) is 3.04. The number of fused-ring (bicyclic) bond motifs is 1. The number of carbonyl (C=O) groups is 1. The summed E-state index contributed by atoms with van der Waals surface area (Å²) in [5, 5.41) is 2.84. The Balaban J connectivity index is 2.52. The van der Waals surface area contributed by atoms with Crippen molar-refractivity contribution < 1.29 is 9.18 Å². The SMILES string of the molecule is CC(=O)Nc1ccc2c(F)ccnc2n1. The van der Waals surface area contributed by atoms with Crippen molar-refractivity contribution in [3.8, 4) is 0 Å². The molecule has 2 aromatic heterocycles. The second kappa shape index (κ2) is 3.61. The number of hydrogen-bond donors (Lipinski definition) is 1. The van der Waals surface area contributed by atoms with Gasteiger partial charge in [0, 0.05) is 13.1 Å². The van der Waals surface area contributed by atoms with Crippen molar-refractivity contribution in [3.63, 3.8) is 0 Å². The number of nitrogens with zero attached hydrogens (tertiary/aromatic N) is 2. The van der Waals surface area contributed by atoms with E-state index in [0.29, 0.717) is 11.2 Å². The smallest absolute Gasteiger partial charge is 0.222 e. The van der Waals surface area contributed by atoms with Crippen LogP contribution in [0.1, 0.15) is 6.92 Å². The molecular formula is C10H8FN3O. The monoisotopic (exact) mass is 205 g/mol. The number of nitrogens with one attached hydrogen (secondary N) is 1. The maximum absolute atomic E-state index is 13.2. The molecule has 1 N–H and O–H groups in total. The predicted octanol–water partition coefficient (Wildman–Crippen LogP) is 1.73. The Morgan fingerprint density at radius 3 is 2.93 bits per heavy atom. The summed E-state index contributed by atoms with van der Waals surface area (Å²) in [4.78, 5) is 18.7. The van der Waals surface area contributed by atoms with E-state index in [4.69, 9.17) is 0 Å². The number of pyridine rings is 2. The summed E-state index contributed by atoms with van der Waals surface area (Å²) in [5.74, 6) is -0.228. The van der Waals surface area contributed by atoms with Gasteiger partial charge in [-0.1, -0.05) is 0 Å². The molecule has 0 fully saturated rings. The van der Waals surface area contributed by atoms with Crippen molar-refractivity contribution in [2.75, 3.05) is 5.32 Å². The molecule has 0 unspecified atom stereocenters. The van der Waals surface area contributed by atoms with Gasteiger partial charge in [-0.3, -0.25) is 4.79 Å². The average Bonchev–Trinajstić information content (AvgIpc) is 2.17.